The average molecular weight is 674 g/mol. The van der Waals surface area contributed by atoms with E-state index in [0.29, 0.717) is 55.0 Å². The molecule has 1 N–H and O–H groups in total. The van der Waals surface area contributed by atoms with Crippen LogP contribution in [0.3, 0.4) is 0 Å². The summed E-state index contributed by atoms with van der Waals surface area (Å²) in [5.41, 5.74) is 2.61. The van der Waals surface area contributed by atoms with Gasteiger partial charge in [0, 0.05) is 73.9 Å². The number of aryl methyl sites for hydroxylation is 1. The predicted molar refractivity (Wildman–Crippen MR) is 187 cm³/mol. The quantitative estimate of drug-likeness (QED) is 0.207. The van der Waals surface area contributed by atoms with Crippen LogP contribution in [-0.2, 0) is 20.8 Å². The molecule has 11 heteroatoms. The van der Waals surface area contributed by atoms with Crippen LogP contribution in [0, 0.1) is 23.0 Å². The number of hydrogen-bond acceptors (Lipinski definition) is 6. The number of piperidine rings is 2. The van der Waals surface area contributed by atoms with Gasteiger partial charge >= 0.3 is 0 Å². The Balaban J connectivity index is 1.05. The molecular formula is C37H44ClN5O5. The zero-order valence-corrected chi connectivity index (χ0v) is 28.5. The van der Waals surface area contributed by atoms with Crippen molar-refractivity contribution in [3.8, 4) is 0 Å². The van der Waals surface area contributed by atoms with Gasteiger partial charge in [-0.05, 0) is 86.6 Å². The van der Waals surface area contributed by atoms with Crippen molar-refractivity contribution in [1.82, 2.24) is 15.1 Å². The highest BCUT2D eigenvalue weighted by Crippen LogP contribution is 2.36. The fraction of sp³-hybridized carbons (Fsp3) is 0.486. The molecule has 2 bridgehead atoms. The molecule has 3 fully saturated rings. The standard InChI is InChI=1S/C37H44ClN5O5/c1-24-8-10-31(23-34(24)38)42(37(46)26-14-18-40(19-15-26)25(2)44)17-5-16-41-29-11-12-30(41)22-28(21-29)39-36(45)20-27-9-13-35(43(47)48)33-7-4-3-6-32(27)33/h3-4,6-10,13,23,26,28-30H,5,11-12,14-22H2,1-2H3,(H,39,45). The van der Waals surface area contributed by atoms with Crippen molar-refractivity contribution in [1.29, 1.82) is 0 Å². The summed E-state index contributed by atoms with van der Waals surface area (Å²) in [5, 5.41) is 16.7. The molecule has 6 rings (SSSR count). The van der Waals surface area contributed by atoms with Crippen LogP contribution in [0.25, 0.3) is 10.8 Å². The van der Waals surface area contributed by atoms with Crippen molar-refractivity contribution >= 4 is 51.5 Å². The van der Waals surface area contributed by atoms with Crippen molar-refractivity contribution in [2.45, 2.75) is 83.3 Å². The van der Waals surface area contributed by atoms with Crippen LogP contribution in [0.1, 0.15) is 63.0 Å². The summed E-state index contributed by atoms with van der Waals surface area (Å²) in [6.07, 6.45) is 6.28. The van der Waals surface area contributed by atoms with Crippen LogP contribution < -0.4 is 10.2 Å². The summed E-state index contributed by atoms with van der Waals surface area (Å²) in [6, 6.07) is 17.0. The molecule has 2 atom stereocenters. The Bertz CT molecular complexity index is 1690. The van der Waals surface area contributed by atoms with Crippen molar-refractivity contribution in [2.75, 3.05) is 31.1 Å². The molecule has 0 saturated carbocycles. The molecule has 0 radical (unpaired) electrons. The minimum atomic E-state index is -0.385. The first kappa shape index (κ1) is 33.9. The molecule has 3 amide bonds. The molecule has 3 aromatic rings. The van der Waals surface area contributed by atoms with E-state index in [1.807, 2.05) is 47.1 Å². The number of rotatable bonds is 10. The van der Waals surface area contributed by atoms with Crippen molar-refractivity contribution in [3.05, 3.63) is 80.9 Å². The lowest BCUT2D eigenvalue weighted by molar-refractivity contribution is -0.383. The third-order valence-electron chi connectivity index (χ3n) is 10.6. The van der Waals surface area contributed by atoms with Crippen LogP contribution >= 0.6 is 11.6 Å². The minimum Gasteiger partial charge on any atom is -0.353 e. The zero-order valence-electron chi connectivity index (χ0n) is 27.7. The van der Waals surface area contributed by atoms with Gasteiger partial charge in [0.1, 0.15) is 0 Å². The van der Waals surface area contributed by atoms with E-state index in [0.717, 1.165) is 60.8 Å². The molecule has 10 nitrogen and oxygen atoms in total. The number of likely N-dealkylation sites (tertiary alicyclic amines) is 1. The SMILES string of the molecule is CC(=O)N1CCC(C(=O)N(CCCN2C3CCC2CC(NC(=O)Cc2ccc([N+](=O)[O-])c4ccccc24)C3)c2ccc(C)c(Cl)c2)CC1. The van der Waals surface area contributed by atoms with E-state index in [9.17, 15) is 24.5 Å². The summed E-state index contributed by atoms with van der Waals surface area (Å²) < 4.78 is 0. The Morgan fingerprint density at radius 1 is 0.979 bits per heavy atom. The molecular weight excluding hydrogens is 630 g/mol. The fourth-order valence-corrected chi connectivity index (χ4v) is 8.23. The first-order valence-corrected chi connectivity index (χ1v) is 17.5. The number of nitrogens with zero attached hydrogens (tertiary/aromatic N) is 4. The number of amides is 3. The van der Waals surface area contributed by atoms with Gasteiger partial charge in [0.2, 0.25) is 17.7 Å². The number of halogens is 1. The fourth-order valence-electron chi connectivity index (χ4n) is 8.06. The highest BCUT2D eigenvalue weighted by Gasteiger charge is 2.41. The number of carbonyl (C=O) groups is 3. The highest BCUT2D eigenvalue weighted by molar-refractivity contribution is 6.31. The zero-order chi connectivity index (χ0) is 33.9. The second-order valence-corrected chi connectivity index (χ2v) is 14.0. The van der Waals surface area contributed by atoms with E-state index >= 15 is 0 Å². The van der Waals surface area contributed by atoms with Crippen LogP contribution in [0.15, 0.2) is 54.6 Å². The number of non-ortho nitro benzene ring substituents is 1. The van der Waals surface area contributed by atoms with Gasteiger partial charge in [-0.2, -0.15) is 0 Å². The Labute approximate surface area is 286 Å². The summed E-state index contributed by atoms with van der Waals surface area (Å²) in [7, 11) is 0. The molecule has 0 aromatic heterocycles. The number of hydrogen-bond donors (Lipinski definition) is 1. The molecule has 254 valence electrons. The lowest BCUT2D eigenvalue weighted by atomic mass is 9.94. The number of nitro groups is 1. The molecule has 48 heavy (non-hydrogen) atoms. The Kier molecular flexibility index (Phi) is 10.3. The molecule has 3 aromatic carbocycles. The number of benzene rings is 3. The van der Waals surface area contributed by atoms with Gasteiger partial charge in [-0.1, -0.05) is 41.9 Å². The average Bonchev–Trinajstić information content (AvgIpc) is 3.31. The normalized spacial score (nSPS) is 21.3. The maximum Gasteiger partial charge on any atom is 0.277 e. The van der Waals surface area contributed by atoms with Crippen LogP contribution in [0.4, 0.5) is 11.4 Å². The van der Waals surface area contributed by atoms with Gasteiger partial charge in [-0.3, -0.25) is 29.4 Å². The number of carbonyl (C=O) groups excluding carboxylic acids is 3. The molecule has 3 aliphatic rings. The van der Waals surface area contributed by atoms with Crippen molar-refractivity contribution < 1.29 is 19.3 Å². The van der Waals surface area contributed by atoms with Crippen LogP contribution in [0.2, 0.25) is 5.02 Å². The van der Waals surface area contributed by atoms with Crippen molar-refractivity contribution in [3.63, 3.8) is 0 Å². The van der Waals surface area contributed by atoms with Crippen molar-refractivity contribution in [2.24, 2.45) is 5.92 Å². The predicted octanol–water partition coefficient (Wildman–Crippen LogP) is 6.05. The molecule has 2 unspecified atom stereocenters. The molecule has 3 aliphatic heterocycles. The maximum atomic E-state index is 13.9. The first-order valence-electron chi connectivity index (χ1n) is 17.1. The minimum absolute atomic E-state index is 0.0452. The van der Waals surface area contributed by atoms with Gasteiger partial charge in [-0.25, -0.2) is 0 Å². The van der Waals surface area contributed by atoms with E-state index in [1.54, 1.807) is 25.1 Å². The third-order valence-corrected chi connectivity index (χ3v) is 11.0. The topological polar surface area (TPSA) is 116 Å². The highest BCUT2D eigenvalue weighted by atomic mass is 35.5. The maximum absolute atomic E-state index is 13.9. The number of nitro benzene ring substituents is 1. The number of nitrogens with one attached hydrogen (secondary N) is 1. The van der Waals surface area contributed by atoms with E-state index in [-0.39, 0.29) is 46.7 Å². The Morgan fingerprint density at radius 2 is 1.67 bits per heavy atom. The Morgan fingerprint density at radius 3 is 2.31 bits per heavy atom. The van der Waals surface area contributed by atoms with Crippen LogP contribution in [0.5, 0.6) is 0 Å². The molecule has 0 spiro atoms. The van der Waals surface area contributed by atoms with E-state index in [1.165, 1.54) is 6.07 Å². The van der Waals surface area contributed by atoms with E-state index < -0.39 is 0 Å². The van der Waals surface area contributed by atoms with Gasteiger partial charge in [0.05, 0.1) is 16.7 Å². The second-order valence-electron chi connectivity index (χ2n) is 13.6. The first-order chi connectivity index (χ1) is 23.1. The summed E-state index contributed by atoms with van der Waals surface area (Å²) in [6.45, 7) is 6.20. The number of fused-ring (bicyclic) bond motifs is 3. The Hall–Kier alpha value is -4.02. The largest absolute Gasteiger partial charge is 0.353 e. The monoisotopic (exact) mass is 673 g/mol. The summed E-state index contributed by atoms with van der Waals surface area (Å²) in [4.78, 5) is 56.3. The molecule has 0 aliphatic carbocycles. The van der Waals surface area contributed by atoms with Crippen LogP contribution in [-0.4, -0.2) is 76.7 Å². The second kappa shape index (κ2) is 14.6. The van der Waals surface area contributed by atoms with Gasteiger partial charge < -0.3 is 15.1 Å². The number of anilines is 1. The third kappa shape index (κ3) is 7.34. The lowest BCUT2D eigenvalue weighted by Crippen LogP contribution is -2.51. The molecule has 3 heterocycles. The van der Waals surface area contributed by atoms with Gasteiger partial charge in [-0.15, -0.1) is 0 Å². The van der Waals surface area contributed by atoms with E-state index in [4.69, 9.17) is 11.6 Å². The molecule has 3 saturated heterocycles. The lowest BCUT2D eigenvalue weighted by Gasteiger charge is -2.40. The smallest absolute Gasteiger partial charge is 0.277 e. The summed E-state index contributed by atoms with van der Waals surface area (Å²) >= 11 is 6.50. The summed E-state index contributed by atoms with van der Waals surface area (Å²) in [5.74, 6) is -0.0328. The van der Waals surface area contributed by atoms with Gasteiger partial charge in [0.25, 0.3) is 5.69 Å². The van der Waals surface area contributed by atoms with Gasteiger partial charge in [0.15, 0.2) is 0 Å². The van der Waals surface area contributed by atoms with E-state index in [2.05, 4.69) is 10.2 Å².